The van der Waals surface area contributed by atoms with E-state index in [0.717, 1.165) is 6.42 Å². The van der Waals surface area contributed by atoms with E-state index in [9.17, 15) is 53.7 Å². The summed E-state index contributed by atoms with van der Waals surface area (Å²) in [4.78, 5) is 95.7. The molecule has 21 heteroatoms. The van der Waals surface area contributed by atoms with E-state index in [1.165, 1.54) is 0 Å². The van der Waals surface area contributed by atoms with Crippen LogP contribution in [-0.2, 0) is 38.4 Å². The summed E-state index contributed by atoms with van der Waals surface area (Å²) in [5, 5.41) is 63.6. The number of amides is 7. The molecule has 248 valence electrons. The van der Waals surface area contributed by atoms with Crippen molar-refractivity contribution < 1.29 is 63.9 Å². The Labute approximate surface area is 249 Å². The molecular weight excluding hydrogens is 596 g/mol. The number of carboxylic acid groups (broad SMARTS) is 1. The highest BCUT2D eigenvalue weighted by molar-refractivity contribution is 5.95. The molecule has 21 nitrogen and oxygen atoms in total. The molecule has 0 aromatic carbocycles. The number of carbonyl (C=O) groups is 8. The number of rotatable bonds is 19. The standard InChI is InChI=1S/C23H38N8O13/c32-7-12(29-17(37)5-27-21(41)14(9-34)31-22(42)11-2-1-3-24-11)19(39)25-4-16(36)28-13(8-33)20(40)26-6-18(38)30-15(10-35)23(43)44/h11-15,24,32-35H,1-10H2,(H,25,39)(H,26,40)(H,27,41)(H,28,36)(H,29,37)(H,30,38)(H,31,42)(H,43,44)/t11-,12-,13-,14-,15-/m0/s1. The van der Waals surface area contributed by atoms with Gasteiger partial charge < -0.3 is 68.1 Å². The maximum absolute atomic E-state index is 12.3. The third-order valence-corrected chi connectivity index (χ3v) is 5.95. The molecule has 0 radical (unpaired) electrons. The fourth-order valence-corrected chi connectivity index (χ4v) is 3.56. The number of hydrogen-bond donors (Lipinski definition) is 13. The minimum absolute atomic E-state index is 0.495. The normalized spacial score (nSPS) is 16.7. The summed E-state index contributed by atoms with van der Waals surface area (Å²) in [6, 6.07) is -6.62. The molecule has 0 aliphatic carbocycles. The maximum atomic E-state index is 12.3. The molecule has 7 amide bonds. The van der Waals surface area contributed by atoms with Gasteiger partial charge in [0.1, 0.15) is 24.2 Å². The van der Waals surface area contributed by atoms with Gasteiger partial charge >= 0.3 is 5.97 Å². The first kappa shape index (κ1) is 37.6. The van der Waals surface area contributed by atoms with Crippen LogP contribution in [-0.4, -0.2) is 156 Å². The molecule has 0 bridgehead atoms. The predicted molar refractivity (Wildman–Crippen MR) is 144 cm³/mol. The number of carboxylic acids is 1. The lowest BCUT2D eigenvalue weighted by molar-refractivity contribution is -0.142. The molecule has 13 N–H and O–H groups in total. The minimum atomic E-state index is -1.61. The third kappa shape index (κ3) is 13.2. The summed E-state index contributed by atoms with van der Waals surface area (Å²) in [6.07, 6.45) is 1.33. The van der Waals surface area contributed by atoms with Gasteiger partial charge in [0, 0.05) is 0 Å². The van der Waals surface area contributed by atoms with E-state index in [2.05, 4.69) is 31.9 Å². The van der Waals surface area contributed by atoms with Gasteiger partial charge in [0.25, 0.3) is 0 Å². The first-order valence-electron chi connectivity index (χ1n) is 13.3. The monoisotopic (exact) mass is 634 g/mol. The minimum Gasteiger partial charge on any atom is -0.480 e. The van der Waals surface area contributed by atoms with Crippen LogP contribution in [0.2, 0.25) is 0 Å². The van der Waals surface area contributed by atoms with Crippen molar-refractivity contribution >= 4 is 47.3 Å². The average molecular weight is 635 g/mol. The molecule has 0 unspecified atom stereocenters. The van der Waals surface area contributed by atoms with E-state index in [-0.39, 0.29) is 0 Å². The van der Waals surface area contributed by atoms with Gasteiger partial charge in [-0.1, -0.05) is 0 Å². The zero-order valence-electron chi connectivity index (χ0n) is 23.5. The number of aliphatic carboxylic acids is 1. The molecule has 1 heterocycles. The largest absolute Gasteiger partial charge is 0.480 e. The number of carbonyl (C=O) groups excluding carboxylic acids is 7. The van der Waals surface area contributed by atoms with Crippen LogP contribution < -0.4 is 42.5 Å². The SMILES string of the molecule is O=C(CNC(=O)[C@H](CO)NC(=O)CNC(=O)[C@H](CO)NC(=O)CNC(=O)[C@H](CO)NC(=O)[C@@H]1CCCN1)N[C@@H](CO)C(=O)O. The van der Waals surface area contributed by atoms with E-state index >= 15 is 0 Å². The Balaban J connectivity index is 2.47. The topological polar surface area (TPSA) is 334 Å². The Morgan fingerprint density at radius 1 is 0.591 bits per heavy atom. The number of aliphatic hydroxyl groups excluding tert-OH is 4. The van der Waals surface area contributed by atoms with Crippen LogP contribution in [0.4, 0.5) is 0 Å². The lowest BCUT2D eigenvalue weighted by Gasteiger charge is -2.20. The molecular formula is C23H38N8O13. The molecule has 5 atom stereocenters. The Morgan fingerprint density at radius 2 is 0.955 bits per heavy atom. The van der Waals surface area contributed by atoms with Crippen molar-refractivity contribution in [3.05, 3.63) is 0 Å². The average Bonchev–Trinajstić information content (AvgIpc) is 3.55. The van der Waals surface area contributed by atoms with Gasteiger partial charge in [-0.3, -0.25) is 33.6 Å². The van der Waals surface area contributed by atoms with E-state index < -0.39 is 124 Å². The van der Waals surface area contributed by atoms with Crippen molar-refractivity contribution in [2.24, 2.45) is 0 Å². The Bertz CT molecular complexity index is 1050. The highest BCUT2D eigenvalue weighted by Gasteiger charge is 2.28. The molecule has 1 saturated heterocycles. The smallest absolute Gasteiger partial charge is 0.328 e. The molecule has 1 fully saturated rings. The fourth-order valence-electron chi connectivity index (χ4n) is 3.56. The molecule has 1 aliphatic rings. The van der Waals surface area contributed by atoms with Crippen LogP contribution in [0.15, 0.2) is 0 Å². The van der Waals surface area contributed by atoms with Crippen LogP contribution in [0.5, 0.6) is 0 Å². The van der Waals surface area contributed by atoms with Crippen molar-refractivity contribution in [1.82, 2.24) is 42.5 Å². The Morgan fingerprint density at radius 3 is 1.27 bits per heavy atom. The fraction of sp³-hybridized carbons (Fsp3) is 0.652. The predicted octanol–water partition coefficient (Wildman–Crippen LogP) is -8.92. The van der Waals surface area contributed by atoms with Gasteiger partial charge in [0.2, 0.25) is 41.4 Å². The maximum Gasteiger partial charge on any atom is 0.328 e. The molecule has 0 spiro atoms. The van der Waals surface area contributed by atoms with E-state index in [4.69, 9.17) is 10.2 Å². The summed E-state index contributed by atoms with van der Waals surface area (Å²) in [6.45, 7) is -5.10. The van der Waals surface area contributed by atoms with Crippen molar-refractivity contribution in [3.63, 3.8) is 0 Å². The Kier molecular flexibility index (Phi) is 16.8. The third-order valence-electron chi connectivity index (χ3n) is 5.95. The van der Waals surface area contributed by atoms with E-state index in [1.54, 1.807) is 0 Å². The summed E-state index contributed by atoms with van der Waals surface area (Å²) < 4.78 is 0. The van der Waals surface area contributed by atoms with Crippen LogP contribution >= 0.6 is 0 Å². The summed E-state index contributed by atoms with van der Waals surface area (Å²) in [5.41, 5.74) is 0. The molecule has 1 rings (SSSR count). The number of aliphatic hydroxyl groups is 4. The molecule has 0 aromatic heterocycles. The zero-order chi connectivity index (χ0) is 33.2. The summed E-state index contributed by atoms with van der Waals surface area (Å²) in [5.74, 6) is -7.89. The van der Waals surface area contributed by atoms with Gasteiger partial charge in [-0.05, 0) is 19.4 Å². The number of hydrogen-bond acceptors (Lipinski definition) is 13. The Hall–Kier alpha value is -4.44. The van der Waals surface area contributed by atoms with Crippen LogP contribution in [0.1, 0.15) is 12.8 Å². The number of nitrogens with one attached hydrogen (secondary N) is 8. The zero-order valence-corrected chi connectivity index (χ0v) is 23.5. The highest BCUT2D eigenvalue weighted by Crippen LogP contribution is 2.05. The molecule has 44 heavy (non-hydrogen) atoms. The van der Waals surface area contributed by atoms with Crippen molar-refractivity contribution in [2.45, 2.75) is 43.1 Å². The van der Waals surface area contributed by atoms with Gasteiger partial charge in [0.15, 0.2) is 0 Å². The van der Waals surface area contributed by atoms with Crippen LogP contribution in [0, 0.1) is 0 Å². The highest BCUT2D eigenvalue weighted by atomic mass is 16.4. The summed E-state index contributed by atoms with van der Waals surface area (Å²) >= 11 is 0. The van der Waals surface area contributed by atoms with Gasteiger partial charge in [-0.25, -0.2) is 4.79 Å². The lowest BCUT2D eigenvalue weighted by atomic mass is 10.2. The second-order valence-electron chi connectivity index (χ2n) is 9.29. The van der Waals surface area contributed by atoms with Crippen LogP contribution in [0.25, 0.3) is 0 Å². The molecule has 1 aliphatic heterocycles. The lowest BCUT2D eigenvalue weighted by Crippen LogP contribution is -2.56. The second-order valence-corrected chi connectivity index (χ2v) is 9.29. The van der Waals surface area contributed by atoms with E-state index in [1.807, 2.05) is 10.6 Å². The van der Waals surface area contributed by atoms with Gasteiger partial charge in [-0.15, -0.1) is 0 Å². The van der Waals surface area contributed by atoms with Crippen molar-refractivity contribution in [2.75, 3.05) is 52.6 Å². The summed E-state index contributed by atoms with van der Waals surface area (Å²) in [7, 11) is 0. The molecule has 0 saturated carbocycles. The quantitative estimate of drug-likeness (QED) is 0.0627. The van der Waals surface area contributed by atoms with Gasteiger partial charge in [-0.2, -0.15) is 0 Å². The first-order valence-corrected chi connectivity index (χ1v) is 13.3. The second kappa shape index (κ2) is 19.7. The van der Waals surface area contributed by atoms with E-state index in [0.29, 0.717) is 13.0 Å². The van der Waals surface area contributed by atoms with Crippen LogP contribution in [0.3, 0.4) is 0 Å². The van der Waals surface area contributed by atoms with Crippen molar-refractivity contribution in [3.8, 4) is 0 Å². The first-order chi connectivity index (χ1) is 20.9. The van der Waals surface area contributed by atoms with Crippen molar-refractivity contribution in [1.29, 1.82) is 0 Å². The molecule has 0 aromatic rings. The van der Waals surface area contributed by atoms with Gasteiger partial charge in [0.05, 0.1) is 52.1 Å².